The number of nitrogens with zero attached hydrogens (tertiary/aromatic N) is 3. The fourth-order valence-electron chi connectivity index (χ4n) is 1.88. The molecular weight excluding hydrogens is 290 g/mol. The molecule has 2 aromatic rings. The number of rotatable bonds is 7. The summed E-state index contributed by atoms with van der Waals surface area (Å²) in [4.78, 5) is 22.2. The smallest absolute Gasteiger partial charge is 0.347 e. The van der Waals surface area contributed by atoms with E-state index in [1.807, 2.05) is 30.0 Å². The number of aromatic nitrogens is 2. The van der Waals surface area contributed by atoms with Gasteiger partial charge >= 0.3 is 5.97 Å². The van der Waals surface area contributed by atoms with E-state index < -0.39 is 5.97 Å². The monoisotopic (exact) mass is 307 g/mol. The summed E-state index contributed by atoms with van der Waals surface area (Å²) in [6, 6.07) is 5.73. The molecule has 112 valence electrons. The summed E-state index contributed by atoms with van der Waals surface area (Å²) in [6.45, 7) is 3.51. The fourth-order valence-corrected chi connectivity index (χ4v) is 2.85. The Morgan fingerprint density at radius 3 is 2.86 bits per heavy atom. The maximum absolute atomic E-state index is 11.3. The molecule has 2 aromatic heterocycles. The lowest BCUT2D eigenvalue weighted by molar-refractivity contribution is 0.0697. The largest absolute Gasteiger partial charge is 0.477 e. The van der Waals surface area contributed by atoms with Gasteiger partial charge < -0.3 is 14.7 Å². The number of anilines is 1. The van der Waals surface area contributed by atoms with Crippen LogP contribution in [0.1, 0.15) is 28.0 Å². The minimum absolute atomic E-state index is 0.194. The van der Waals surface area contributed by atoms with E-state index in [2.05, 4.69) is 9.97 Å². The average Bonchev–Trinajstić information content (AvgIpc) is 2.90. The van der Waals surface area contributed by atoms with Gasteiger partial charge in [0.2, 0.25) is 0 Å². The molecule has 1 N–H and O–H groups in total. The molecule has 0 aliphatic carbocycles. The van der Waals surface area contributed by atoms with E-state index in [0.717, 1.165) is 12.2 Å². The quantitative estimate of drug-likeness (QED) is 0.846. The number of methoxy groups -OCH3 is 1. The van der Waals surface area contributed by atoms with Gasteiger partial charge in [-0.3, -0.25) is 4.98 Å². The lowest BCUT2D eigenvalue weighted by Gasteiger charge is -2.19. The third kappa shape index (κ3) is 3.77. The highest BCUT2D eigenvalue weighted by molar-refractivity contribution is 7.17. The van der Waals surface area contributed by atoms with Gasteiger partial charge in [-0.1, -0.05) is 17.4 Å². The maximum Gasteiger partial charge on any atom is 0.347 e. The molecule has 0 unspecified atom stereocenters. The zero-order valence-electron chi connectivity index (χ0n) is 11.9. The minimum Gasteiger partial charge on any atom is -0.477 e. The number of thiazole rings is 1. The Hall–Kier alpha value is -1.99. The third-order valence-electron chi connectivity index (χ3n) is 2.89. The molecule has 2 rings (SSSR count). The van der Waals surface area contributed by atoms with Crippen LogP contribution in [0.15, 0.2) is 24.4 Å². The van der Waals surface area contributed by atoms with E-state index in [-0.39, 0.29) is 11.5 Å². The van der Waals surface area contributed by atoms with Crippen molar-refractivity contribution < 1.29 is 14.6 Å². The molecule has 6 nitrogen and oxygen atoms in total. The first-order valence-electron chi connectivity index (χ1n) is 6.52. The lowest BCUT2D eigenvalue weighted by atomic mass is 10.3. The van der Waals surface area contributed by atoms with E-state index in [9.17, 15) is 9.90 Å². The zero-order valence-corrected chi connectivity index (χ0v) is 12.8. The number of aromatic carboxylic acids is 1. The average molecular weight is 307 g/mol. The van der Waals surface area contributed by atoms with Gasteiger partial charge in [0.05, 0.1) is 24.5 Å². The minimum atomic E-state index is -0.973. The van der Waals surface area contributed by atoms with Gasteiger partial charge in [-0.05, 0) is 19.1 Å². The first-order valence-corrected chi connectivity index (χ1v) is 7.34. The van der Waals surface area contributed by atoms with Crippen LogP contribution in [0.2, 0.25) is 0 Å². The van der Waals surface area contributed by atoms with Crippen molar-refractivity contribution in [2.24, 2.45) is 0 Å². The second-order valence-corrected chi connectivity index (χ2v) is 5.32. The molecule has 2 heterocycles. The van der Waals surface area contributed by atoms with Gasteiger partial charge in [0, 0.05) is 19.9 Å². The molecule has 0 saturated heterocycles. The van der Waals surface area contributed by atoms with Gasteiger partial charge in [-0.15, -0.1) is 0 Å². The Balaban J connectivity index is 2.25. The molecule has 0 saturated carbocycles. The second-order valence-electron chi connectivity index (χ2n) is 4.35. The Labute approximate surface area is 127 Å². The SMILES string of the molecule is CCN(Cc1ccccn1)c1nc(COC)c(C(=O)O)s1. The summed E-state index contributed by atoms with van der Waals surface area (Å²) in [6.07, 6.45) is 1.74. The van der Waals surface area contributed by atoms with Gasteiger partial charge in [0.15, 0.2) is 5.13 Å². The normalized spacial score (nSPS) is 10.6. The van der Waals surface area contributed by atoms with Crippen LogP contribution in [-0.4, -0.2) is 34.7 Å². The van der Waals surface area contributed by atoms with Crippen molar-refractivity contribution in [3.8, 4) is 0 Å². The summed E-state index contributed by atoms with van der Waals surface area (Å²) in [5.74, 6) is -0.973. The van der Waals surface area contributed by atoms with E-state index in [1.165, 1.54) is 18.4 Å². The Bertz CT molecular complexity index is 601. The second kappa shape index (κ2) is 7.14. The van der Waals surface area contributed by atoms with Gasteiger partial charge in [-0.2, -0.15) is 0 Å². The molecule has 0 aliphatic rings. The first-order chi connectivity index (χ1) is 10.2. The Morgan fingerprint density at radius 1 is 1.48 bits per heavy atom. The summed E-state index contributed by atoms with van der Waals surface area (Å²) >= 11 is 1.17. The molecule has 7 heteroatoms. The van der Waals surface area contributed by atoms with Gasteiger partial charge in [0.1, 0.15) is 4.88 Å². The van der Waals surface area contributed by atoms with Crippen molar-refractivity contribution in [2.45, 2.75) is 20.1 Å². The van der Waals surface area contributed by atoms with Crippen molar-refractivity contribution >= 4 is 22.4 Å². The molecule has 0 atom stereocenters. The predicted octanol–water partition coefficient (Wildman–Crippen LogP) is 2.41. The summed E-state index contributed by atoms with van der Waals surface area (Å²) < 4.78 is 5.01. The number of carboxylic acids is 1. The molecule has 0 aromatic carbocycles. The number of carbonyl (C=O) groups is 1. The Kier molecular flexibility index (Phi) is 5.24. The lowest BCUT2D eigenvalue weighted by Crippen LogP contribution is -2.22. The highest BCUT2D eigenvalue weighted by atomic mass is 32.1. The van der Waals surface area contributed by atoms with E-state index in [0.29, 0.717) is 17.4 Å². The molecule has 0 bridgehead atoms. The molecule has 21 heavy (non-hydrogen) atoms. The molecule has 0 amide bonds. The van der Waals surface area contributed by atoms with Crippen LogP contribution >= 0.6 is 11.3 Å². The maximum atomic E-state index is 11.3. The number of hydrogen-bond donors (Lipinski definition) is 1. The van der Waals surface area contributed by atoms with Crippen molar-refractivity contribution in [1.82, 2.24) is 9.97 Å². The van der Waals surface area contributed by atoms with Crippen LogP contribution in [0.5, 0.6) is 0 Å². The highest BCUT2D eigenvalue weighted by Gasteiger charge is 2.20. The summed E-state index contributed by atoms with van der Waals surface area (Å²) in [5, 5.41) is 9.91. The molecule has 0 fully saturated rings. The van der Waals surface area contributed by atoms with Crippen LogP contribution < -0.4 is 4.90 Å². The molecule has 0 radical (unpaired) electrons. The fraction of sp³-hybridized carbons (Fsp3) is 0.357. The van der Waals surface area contributed by atoms with Gasteiger partial charge in [-0.25, -0.2) is 9.78 Å². The standard InChI is InChI=1S/C14H17N3O3S/c1-3-17(8-10-6-4-5-7-15-10)14-16-11(9-20-2)12(21-14)13(18)19/h4-7H,3,8-9H2,1-2H3,(H,18,19). The third-order valence-corrected chi connectivity index (χ3v) is 4.04. The van der Waals surface area contributed by atoms with E-state index in [4.69, 9.17) is 4.74 Å². The topological polar surface area (TPSA) is 75.5 Å². The highest BCUT2D eigenvalue weighted by Crippen LogP contribution is 2.27. The van der Waals surface area contributed by atoms with Crippen molar-refractivity contribution in [3.05, 3.63) is 40.7 Å². The zero-order chi connectivity index (χ0) is 15.2. The van der Waals surface area contributed by atoms with E-state index in [1.54, 1.807) is 6.20 Å². The molecule has 0 aliphatic heterocycles. The first kappa shape index (κ1) is 15.4. The molecule has 0 spiro atoms. The van der Waals surface area contributed by atoms with Gasteiger partial charge in [0.25, 0.3) is 0 Å². The summed E-state index contributed by atoms with van der Waals surface area (Å²) in [7, 11) is 1.52. The molecular formula is C14H17N3O3S. The predicted molar refractivity (Wildman–Crippen MR) is 80.7 cm³/mol. The Morgan fingerprint density at radius 2 is 2.29 bits per heavy atom. The number of carboxylic acid groups (broad SMARTS) is 1. The van der Waals surface area contributed by atoms with Crippen molar-refractivity contribution in [3.63, 3.8) is 0 Å². The van der Waals surface area contributed by atoms with Crippen molar-refractivity contribution in [1.29, 1.82) is 0 Å². The van der Waals surface area contributed by atoms with Crippen LogP contribution in [0.3, 0.4) is 0 Å². The van der Waals surface area contributed by atoms with Crippen LogP contribution in [-0.2, 0) is 17.9 Å². The summed E-state index contributed by atoms with van der Waals surface area (Å²) in [5.41, 5.74) is 1.38. The number of hydrogen-bond acceptors (Lipinski definition) is 6. The number of ether oxygens (including phenoxy) is 1. The van der Waals surface area contributed by atoms with Crippen LogP contribution in [0, 0.1) is 0 Å². The van der Waals surface area contributed by atoms with Crippen LogP contribution in [0.25, 0.3) is 0 Å². The van der Waals surface area contributed by atoms with E-state index >= 15 is 0 Å². The number of pyridine rings is 1. The van der Waals surface area contributed by atoms with Crippen LogP contribution in [0.4, 0.5) is 5.13 Å². The van der Waals surface area contributed by atoms with Crippen molar-refractivity contribution in [2.75, 3.05) is 18.6 Å².